The smallest absolute Gasteiger partial charge is 0.255 e. The number of amides is 1. The molecule has 1 fully saturated rings. The van der Waals surface area contributed by atoms with Gasteiger partial charge in [-0.1, -0.05) is 12.1 Å². The second-order valence-corrected chi connectivity index (χ2v) is 10.8. The third-order valence-corrected chi connectivity index (χ3v) is 8.70. The Balaban J connectivity index is 1.69. The topological polar surface area (TPSA) is 234 Å². The number of ether oxygens (including phenoxy) is 2. The van der Waals surface area contributed by atoms with Gasteiger partial charge < -0.3 is 45.8 Å². The molecule has 13 heteroatoms. The second-order valence-electron chi connectivity index (χ2n) is 10.8. The normalized spacial score (nSPS) is 37.7. The van der Waals surface area contributed by atoms with Crippen molar-refractivity contribution in [1.29, 1.82) is 0 Å². The number of rotatable bonds is 3. The lowest BCUT2D eigenvalue weighted by molar-refractivity contribution is -0.163. The van der Waals surface area contributed by atoms with Crippen molar-refractivity contribution >= 4 is 23.3 Å². The van der Waals surface area contributed by atoms with E-state index in [1.165, 1.54) is 26.0 Å². The number of phenols is 1. The molecule has 0 aromatic heterocycles. The molecule has 0 radical (unpaired) electrons. The second kappa shape index (κ2) is 9.03. The van der Waals surface area contributed by atoms with Crippen molar-refractivity contribution in [3.05, 3.63) is 51.3 Å². The van der Waals surface area contributed by atoms with Gasteiger partial charge in [0.25, 0.3) is 5.91 Å². The molecule has 5 rings (SSSR count). The average Bonchev–Trinajstić information content (AvgIpc) is 2.88. The van der Waals surface area contributed by atoms with Crippen LogP contribution in [0.3, 0.4) is 0 Å². The maximum Gasteiger partial charge on any atom is 0.255 e. The van der Waals surface area contributed by atoms with E-state index in [0.29, 0.717) is 0 Å². The van der Waals surface area contributed by atoms with Gasteiger partial charge in [0.1, 0.15) is 34.9 Å². The van der Waals surface area contributed by atoms with Gasteiger partial charge in [0.15, 0.2) is 5.60 Å². The Labute approximate surface area is 227 Å². The predicted octanol–water partition coefficient (Wildman–Crippen LogP) is -1.12. The van der Waals surface area contributed by atoms with Crippen LogP contribution in [0.2, 0.25) is 0 Å². The minimum Gasteiger partial charge on any atom is -0.508 e. The first-order chi connectivity index (χ1) is 18.6. The number of primary amides is 1. The number of methoxy groups -OCH3 is 1. The minimum atomic E-state index is -2.56. The van der Waals surface area contributed by atoms with Crippen LogP contribution in [0.1, 0.15) is 54.3 Å². The largest absolute Gasteiger partial charge is 0.508 e. The first-order valence-electron chi connectivity index (χ1n) is 12.6. The van der Waals surface area contributed by atoms with Crippen LogP contribution in [0.5, 0.6) is 5.75 Å². The van der Waals surface area contributed by atoms with Gasteiger partial charge in [0.05, 0.1) is 29.4 Å². The maximum atomic E-state index is 14.1. The van der Waals surface area contributed by atoms with E-state index in [0.717, 1.165) is 7.11 Å². The van der Waals surface area contributed by atoms with Gasteiger partial charge >= 0.3 is 0 Å². The summed E-state index contributed by atoms with van der Waals surface area (Å²) in [6, 6.07) is 2.74. The van der Waals surface area contributed by atoms with Crippen molar-refractivity contribution in [3.63, 3.8) is 0 Å². The molecule has 1 aromatic rings. The summed E-state index contributed by atoms with van der Waals surface area (Å²) in [6.45, 7) is 2.79. The van der Waals surface area contributed by atoms with E-state index in [4.69, 9.17) is 15.2 Å². The van der Waals surface area contributed by atoms with Crippen molar-refractivity contribution in [2.45, 2.75) is 68.4 Å². The number of aliphatic hydroxyl groups excluding tert-OH is 4. The number of ketones is 3. The third-order valence-electron chi connectivity index (χ3n) is 8.70. The van der Waals surface area contributed by atoms with Crippen LogP contribution in [-0.4, -0.2) is 91.0 Å². The van der Waals surface area contributed by atoms with Gasteiger partial charge in [-0.25, -0.2) is 0 Å². The van der Waals surface area contributed by atoms with Crippen LogP contribution in [-0.2, 0) is 29.5 Å². The number of hydrogen-bond donors (Lipinski definition) is 7. The van der Waals surface area contributed by atoms with Gasteiger partial charge in [0.2, 0.25) is 17.3 Å². The molecule has 0 bridgehead atoms. The Kier molecular flexibility index (Phi) is 6.34. The number of aliphatic hydroxyl groups is 5. The summed E-state index contributed by atoms with van der Waals surface area (Å²) < 4.78 is 11.1. The molecule has 1 aliphatic heterocycles. The van der Waals surface area contributed by atoms with E-state index in [1.807, 2.05) is 0 Å². The molecule has 214 valence electrons. The van der Waals surface area contributed by atoms with Crippen molar-refractivity contribution in [1.82, 2.24) is 0 Å². The zero-order chi connectivity index (χ0) is 29.6. The van der Waals surface area contributed by atoms with Gasteiger partial charge in [-0.05, 0) is 25.8 Å². The molecule has 13 nitrogen and oxygen atoms in total. The molecular weight excluding hydrogens is 530 g/mol. The summed E-state index contributed by atoms with van der Waals surface area (Å²) in [6.07, 6.45) is -6.78. The molecule has 4 aliphatic rings. The molecule has 1 saturated heterocycles. The maximum absolute atomic E-state index is 14.1. The molecular formula is C27H29NO12. The van der Waals surface area contributed by atoms with Crippen LogP contribution in [0.25, 0.3) is 0 Å². The molecule has 3 aliphatic carbocycles. The fourth-order valence-electron chi connectivity index (χ4n) is 6.53. The van der Waals surface area contributed by atoms with Crippen molar-refractivity contribution < 1.29 is 59.3 Å². The number of hydrogen-bond acceptors (Lipinski definition) is 12. The minimum absolute atomic E-state index is 0.0600. The fourth-order valence-corrected chi connectivity index (χ4v) is 6.53. The van der Waals surface area contributed by atoms with Crippen LogP contribution in [0, 0.1) is 5.92 Å². The standard InChI is InChI=1S/C27H29NO12/c1-8-18(30)13(29)7-14(40-8)9-4-5-10-15(19(9)31)21(33)16-11(26(10,2)38)6-12-20(32)22(34)17(25(28)37)24(36)27(12,39-3)23(16)35/h4-5,8,12-14,18,20,29-32,36,38H,6-7H2,1-3H3,(H2,28,37)/t8?,12-,13?,14?,18?,20+,26-,27-/m0/s1. The number of aromatic hydroxyl groups is 1. The monoisotopic (exact) mass is 559 g/mol. The van der Waals surface area contributed by atoms with Crippen LogP contribution in [0.15, 0.2) is 34.6 Å². The van der Waals surface area contributed by atoms with Gasteiger partial charge in [0, 0.05) is 30.6 Å². The van der Waals surface area contributed by atoms with Gasteiger partial charge in [-0.2, -0.15) is 0 Å². The Morgan fingerprint density at radius 2 is 1.80 bits per heavy atom. The molecule has 0 saturated carbocycles. The van der Waals surface area contributed by atoms with E-state index >= 15 is 0 Å². The Bertz CT molecular complexity index is 1430. The Morgan fingerprint density at radius 1 is 1.15 bits per heavy atom. The van der Waals surface area contributed by atoms with Gasteiger partial charge in [-0.3, -0.25) is 19.2 Å². The molecule has 1 amide bonds. The molecule has 1 aromatic carbocycles. The van der Waals surface area contributed by atoms with E-state index in [-0.39, 0.29) is 23.1 Å². The van der Waals surface area contributed by atoms with Gasteiger partial charge in [-0.15, -0.1) is 0 Å². The summed E-state index contributed by atoms with van der Waals surface area (Å²) in [4.78, 5) is 52.7. The number of carbonyl (C=O) groups is 4. The summed E-state index contributed by atoms with van der Waals surface area (Å²) in [5.74, 6) is -8.27. The number of fused-ring (bicyclic) bond motifs is 2. The average molecular weight is 560 g/mol. The number of benzene rings is 1. The summed E-state index contributed by atoms with van der Waals surface area (Å²) in [5, 5.41) is 65.0. The molecule has 0 spiro atoms. The fraction of sp³-hybridized carbons (Fsp3) is 0.481. The zero-order valence-corrected chi connectivity index (χ0v) is 21.7. The lowest BCUT2D eigenvalue weighted by Gasteiger charge is -2.49. The quantitative estimate of drug-likeness (QED) is 0.218. The molecule has 8 N–H and O–H groups in total. The first-order valence-corrected chi connectivity index (χ1v) is 12.6. The Morgan fingerprint density at radius 3 is 2.38 bits per heavy atom. The van der Waals surface area contributed by atoms with Crippen LogP contribution >= 0.6 is 0 Å². The first kappa shape index (κ1) is 28.1. The lowest BCUT2D eigenvalue weighted by Crippen LogP contribution is -2.64. The molecule has 1 heterocycles. The van der Waals surface area contributed by atoms with E-state index in [1.54, 1.807) is 0 Å². The van der Waals surface area contributed by atoms with E-state index in [9.17, 15) is 49.8 Å². The SMILES string of the molecule is CO[C@]12C(=O)C3=C(C[C@H]1[C@@H](O)C(=O)C(C(N)=O)=C2O)[C@@](C)(O)c1ccc(C2CC(O)C(O)C(C)O2)c(O)c1C3=O. The Hall–Kier alpha value is -3.46. The van der Waals surface area contributed by atoms with Crippen molar-refractivity contribution in [2.24, 2.45) is 11.7 Å². The number of carbonyl (C=O) groups excluding carboxylic acids is 4. The molecule has 8 atom stereocenters. The highest BCUT2D eigenvalue weighted by molar-refractivity contribution is 6.33. The zero-order valence-electron chi connectivity index (χ0n) is 21.7. The number of Topliss-reactive ketones (excluding diaryl/α,β-unsaturated/α-hetero) is 3. The highest BCUT2D eigenvalue weighted by Crippen LogP contribution is 2.55. The van der Waals surface area contributed by atoms with E-state index < -0.39 is 106 Å². The highest BCUT2D eigenvalue weighted by atomic mass is 16.5. The predicted molar refractivity (Wildman–Crippen MR) is 132 cm³/mol. The summed E-state index contributed by atoms with van der Waals surface area (Å²) >= 11 is 0. The summed E-state index contributed by atoms with van der Waals surface area (Å²) in [5.41, 5.74) is -1.74. The van der Waals surface area contributed by atoms with Crippen molar-refractivity contribution in [3.8, 4) is 5.75 Å². The molecule has 40 heavy (non-hydrogen) atoms. The summed E-state index contributed by atoms with van der Waals surface area (Å²) in [7, 11) is 0.976. The van der Waals surface area contributed by atoms with E-state index in [2.05, 4.69) is 0 Å². The lowest BCUT2D eigenvalue weighted by atomic mass is 9.58. The molecule has 4 unspecified atom stereocenters. The van der Waals surface area contributed by atoms with Crippen LogP contribution < -0.4 is 5.73 Å². The number of nitrogens with two attached hydrogens (primary N) is 1. The third kappa shape index (κ3) is 3.42. The number of phenolic OH excluding ortho intramolecular Hbond substituents is 1. The van der Waals surface area contributed by atoms with Crippen molar-refractivity contribution in [2.75, 3.05) is 7.11 Å². The highest BCUT2D eigenvalue weighted by Gasteiger charge is 2.65. The van der Waals surface area contributed by atoms with Crippen LogP contribution in [0.4, 0.5) is 0 Å².